The van der Waals surface area contributed by atoms with Crippen LogP contribution in [0.4, 0.5) is 5.69 Å². The standard InChI is InChI=1S/C11H9BrN2O/c12-9-4-2-1-3-8(9)10-5-7(13)6-11(15)14-10/h1-6H,(H3,13,14,15). The Balaban J connectivity index is 2.64. The van der Waals surface area contributed by atoms with Crippen LogP contribution in [0.25, 0.3) is 11.3 Å². The van der Waals surface area contributed by atoms with Crippen molar-refractivity contribution in [2.45, 2.75) is 0 Å². The maximum Gasteiger partial charge on any atom is 0.250 e. The number of aromatic nitrogens is 1. The second kappa shape index (κ2) is 3.90. The van der Waals surface area contributed by atoms with Crippen molar-refractivity contribution in [3.8, 4) is 11.3 Å². The summed E-state index contributed by atoms with van der Waals surface area (Å²) in [6.45, 7) is 0. The number of rotatable bonds is 1. The lowest BCUT2D eigenvalue weighted by Gasteiger charge is -2.04. The van der Waals surface area contributed by atoms with Gasteiger partial charge in [-0.05, 0) is 12.1 Å². The van der Waals surface area contributed by atoms with Crippen LogP contribution in [-0.2, 0) is 0 Å². The van der Waals surface area contributed by atoms with E-state index < -0.39 is 0 Å². The Morgan fingerprint density at radius 3 is 2.60 bits per heavy atom. The number of H-pyrrole nitrogens is 1. The minimum Gasteiger partial charge on any atom is -0.399 e. The molecule has 1 heterocycles. The summed E-state index contributed by atoms with van der Waals surface area (Å²) in [5.74, 6) is 0. The maximum atomic E-state index is 11.2. The fourth-order valence-electron chi connectivity index (χ4n) is 1.39. The highest BCUT2D eigenvalue weighted by Gasteiger charge is 2.03. The maximum absolute atomic E-state index is 11.2. The molecule has 0 aliphatic heterocycles. The van der Waals surface area contributed by atoms with Crippen molar-refractivity contribution in [3.05, 3.63) is 51.2 Å². The zero-order chi connectivity index (χ0) is 10.8. The zero-order valence-corrected chi connectivity index (χ0v) is 9.41. The summed E-state index contributed by atoms with van der Waals surface area (Å²) in [5.41, 5.74) is 7.51. The predicted molar refractivity (Wildman–Crippen MR) is 64.6 cm³/mol. The minimum atomic E-state index is -0.194. The lowest BCUT2D eigenvalue weighted by atomic mass is 10.1. The topological polar surface area (TPSA) is 58.9 Å². The average Bonchev–Trinajstić information content (AvgIpc) is 2.16. The van der Waals surface area contributed by atoms with Crippen LogP contribution in [0.3, 0.4) is 0 Å². The van der Waals surface area contributed by atoms with Crippen molar-refractivity contribution in [1.29, 1.82) is 0 Å². The third-order valence-electron chi connectivity index (χ3n) is 2.03. The van der Waals surface area contributed by atoms with E-state index >= 15 is 0 Å². The van der Waals surface area contributed by atoms with Crippen molar-refractivity contribution in [2.24, 2.45) is 0 Å². The molecule has 2 aromatic rings. The van der Waals surface area contributed by atoms with Crippen molar-refractivity contribution < 1.29 is 0 Å². The van der Waals surface area contributed by atoms with Gasteiger partial charge in [-0.25, -0.2) is 0 Å². The molecule has 0 unspecified atom stereocenters. The molecule has 2 rings (SSSR count). The summed E-state index contributed by atoms with van der Waals surface area (Å²) < 4.78 is 0.922. The van der Waals surface area contributed by atoms with E-state index in [1.165, 1.54) is 6.07 Å². The highest BCUT2D eigenvalue weighted by atomic mass is 79.9. The monoisotopic (exact) mass is 264 g/mol. The highest BCUT2D eigenvalue weighted by Crippen LogP contribution is 2.26. The van der Waals surface area contributed by atoms with Crippen LogP contribution in [0.1, 0.15) is 0 Å². The number of nitrogens with one attached hydrogen (secondary N) is 1. The number of halogens is 1. The molecule has 15 heavy (non-hydrogen) atoms. The molecule has 0 amide bonds. The highest BCUT2D eigenvalue weighted by molar-refractivity contribution is 9.10. The summed E-state index contributed by atoms with van der Waals surface area (Å²) in [7, 11) is 0. The number of hydrogen-bond acceptors (Lipinski definition) is 2. The Hall–Kier alpha value is -1.55. The molecular weight excluding hydrogens is 256 g/mol. The number of hydrogen-bond donors (Lipinski definition) is 2. The molecule has 0 atom stereocenters. The van der Waals surface area contributed by atoms with Gasteiger partial charge in [0, 0.05) is 21.8 Å². The minimum absolute atomic E-state index is 0.194. The third-order valence-corrected chi connectivity index (χ3v) is 2.72. The number of pyridine rings is 1. The summed E-state index contributed by atoms with van der Waals surface area (Å²) in [5, 5.41) is 0. The second-order valence-corrected chi connectivity index (χ2v) is 4.03. The van der Waals surface area contributed by atoms with Crippen LogP contribution in [-0.4, -0.2) is 4.98 Å². The first-order chi connectivity index (χ1) is 7.16. The molecule has 1 aromatic heterocycles. The molecule has 0 aliphatic rings. The van der Waals surface area contributed by atoms with Gasteiger partial charge in [-0.3, -0.25) is 4.79 Å². The van der Waals surface area contributed by atoms with Crippen LogP contribution >= 0.6 is 15.9 Å². The fraction of sp³-hybridized carbons (Fsp3) is 0. The predicted octanol–water partition coefficient (Wildman–Crippen LogP) is 2.39. The lowest BCUT2D eigenvalue weighted by Crippen LogP contribution is -2.06. The number of aromatic amines is 1. The largest absolute Gasteiger partial charge is 0.399 e. The molecule has 76 valence electrons. The number of benzene rings is 1. The molecule has 0 radical (unpaired) electrons. The van der Waals surface area contributed by atoms with E-state index in [1.807, 2.05) is 24.3 Å². The first kappa shape index (κ1) is 9.98. The molecule has 1 aromatic carbocycles. The van der Waals surface area contributed by atoms with Crippen molar-refractivity contribution in [3.63, 3.8) is 0 Å². The Labute approximate surface area is 95.1 Å². The molecule has 0 fully saturated rings. The van der Waals surface area contributed by atoms with Gasteiger partial charge in [0.05, 0.1) is 5.69 Å². The first-order valence-electron chi connectivity index (χ1n) is 4.41. The smallest absolute Gasteiger partial charge is 0.250 e. The molecular formula is C11H9BrN2O. The summed E-state index contributed by atoms with van der Waals surface area (Å²) >= 11 is 3.42. The van der Waals surface area contributed by atoms with Crippen LogP contribution < -0.4 is 11.3 Å². The molecule has 0 aliphatic carbocycles. The van der Waals surface area contributed by atoms with Gasteiger partial charge in [0.25, 0.3) is 0 Å². The average molecular weight is 265 g/mol. The second-order valence-electron chi connectivity index (χ2n) is 3.17. The summed E-state index contributed by atoms with van der Waals surface area (Å²) in [6.07, 6.45) is 0. The number of anilines is 1. The molecule has 0 saturated carbocycles. The third kappa shape index (κ3) is 2.10. The van der Waals surface area contributed by atoms with E-state index in [2.05, 4.69) is 20.9 Å². The van der Waals surface area contributed by atoms with Crippen molar-refractivity contribution >= 4 is 21.6 Å². The van der Waals surface area contributed by atoms with Crippen LogP contribution in [0.15, 0.2) is 45.7 Å². The van der Waals surface area contributed by atoms with Gasteiger partial charge in [-0.1, -0.05) is 34.1 Å². The lowest BCUT2D eigenvalue weighted by molar-refractivity contribution is 1.24. The molecule has 3 N–H and O–H groups in total. The van der Waals surface area contributed by atoms with E-state index in [4.69, 9.17) is 5.73 Å². The van der Waals surface area contributed by atoms with E-state index in [-0.39, 0.29) is 5.56 Å². The van der Waals surface area contributed by atoms with E-state index in [1.54, 1.807) is 6.07 Å². The Morgan fingerprint density at radius 2 is 1.93 bits per heavy atom. The van der Waals surface area contributed by atoms with Crippen molar-refractivity contribution in [1.82, 2.24) is 4.98 Å². The number of nitrogens with two attached hydrogens (primary N) is 1. The molecule has 0 bridgehead atoms. The quantitative estimate of drug-likeness (QED) is 0.831. The Morgan fingerprint density at radius 1 is 1.20 bits per heavy atom. The van der Waals surface area contributed by atoms with E-state index in [0.29, 0.717) is 11.4 Å². The van der Waals surface area contributed by atoms with Gasteiger partial charge in [0.15, 0.2) is 0 Å². The molecule has 4 heteroatoms. The van der Waals surface area contributed by atoms with Crippen LogP contribution in [0, 0.1) is 0 Å². The summed E-state index contributed by atoms with van der Waals surface area (Å²) in [4.78, 5) is 14.0. The molecule has 0 saturated heterocycles. The van der Waals surface area contributed by atoms with Gasteiger partial charge in [-0.15, -0.1) is 0 Å². The number of nitrogen functional groups attached to an aromatic ring is 1. The summed E-state index contributed by atoms with van der Waals surface area (Å²) in [6, 6.07) is 10.7. The zero-order valence-electron chi connectivity index (χ0n) is 7.83. The van der Waals surface area contributed by atoms with Gasteiger partial charge in [0.2, 0.25) is 5.56 Å². The normalized spacial score (nSPS) is 10.2. The van der Waals surface area contributed by atoms with Gasteiger partial charge in [0.1, 0.15) is 0 Å². The Bertz CT molecular complexity index is 548. The SMILES string of the molecule is Nc1cc(-c2ccccc2Br)[nH]c(=O)c1. The van der Waals surface area contributed by atoms with Crippen LogP contribution in [0.2, 0.25) is 0 Å². The van der Waals surface area contributed by atoms with E-state index in [0.717, 1.165) is 10.0 Å². The fourth-order valence-corrected chi connectivity index (χ4v) is 1.89. The van der Waals surface area contributed by atoms with Gasteiger partial charge in [-0.2, -0.15) is 0 Å². The van der Waals surface area contributed by atoms with E-state index in [9.17, 15) is 4.79 Å². The molecule has 0 spiro atoms. The van der Waals surface area contributed by atoms with Gasteiger partial charge >= 0.3 is 0 Å². The Kier molecular flexibility index (Phi) is 2.60. The van der Waals surface area contributed by atoms with Crippen molar-refractivity contribution in [2.75, 3.05) is 5.73 Å². The van der Waals surface area contributed by atoms with Gasteiger partial charge < -0.3 is 10.7 Å². The molecule has 3 nitrogen and oxygen atoms in total. The van der Waals surface area contributed by atoms with Crippen LogP contribution in [0.5, 0.6) is 0 Å². The first-order valence-corrected chi connectivity index (χ1v) is 5.21.